The van der Waals surface area contributed by atoms with Crippen LogP contribution in [0.5, 0.6) is 5.75 Å². The van der Waals surface area contributed by atoms with E-state index >= 15 is 0 Å². The highest BCUT2D eigenvalue weighted by molar-refractivity contribution is 5.99. The highest BCUT2D eigenvalue weighted by atomic mass is 16.6. The first-order valence-corrected chi connectivity index (χ1v) is 25.5. The molecule has 2 aromatic carbocycles. The highest BCUT2D eigenvalue weighted by Crippen LogP contribution is 2.30. The van der Waals surface area contributed by atoms with E-state index in [4.69, 9.17) is 16.2 Å². The number of carbonyl (C=O) groups excluding carboxylic acids is 7. The summed E-state index contributed by atoms with van der Waals surface area (Å²) < 4.78 is 5.68. The molecule has 4 heterocycles. The number of aliphatic hydroxyl groups is 7. The predicted octanol–water partition coefficient (Wildman–Crippen LogP) is -7.00. The molecule has 4 aliphatic heterocycles. The van der Waals surface area contributed by atoms with Crippen molar-refractivity contribution < 1.29 is 79.2 Å². The van der Waals surface area contributed by atoms with Crippen LogP contribution in [0.2, 0.25) is 0 Å². The average Bonchev–Trinajstić information content (AvgIpc) is 4.04. The number of nitrogens with one attached hydrogen (secondary N) is 8. The lowest BCUT2D eigenvalue weighted by Gasteiger charge is -2.46. The first-order chi connectivity index (χ1) is 37.2. The molecule has 0 aliphatic carbocycles. The van der Waals surface area contributed by atoms with Gasteiger partial charge in [-0.3, -0.25) is 43.5 Å². The molecule has 0 aromatic heterocycles. The Morgan fingerprint density at radius 1 is 0.756 bits per heavy atom. The number of rotatable bonds is 17. The fourth-order valence-electron chi connectivity index (χ4n) is 9.44. The number of nitrogens with two attached hydrogens (primary N) is 2. The smallest absolute Gasteiger partial charge is 0.246 e. The number of phenolic OH excluding ortho intramolecular Hbond substituents is 1. The summed E-state index contributed by atoms with van der Waals surface area (Å²) in [5, 5.41) is 107. The summed E-state index contributed by atoms with van der Waals surface area (Å²) in [5.41, 5.74) is 12.8. The van der Waals surface area contributed by atoms with E-state index in [0.717, 1.165) is 24.2 Å². The lowest BCUT2D eigenvalue weighted by molar-refractivity contribution is -0.260. The topological polar surface area (TPSA) is 467 Å². The zero-order valence-electron chi connectivity index (χ0n) is 42.9. The Morgan fingerprint density at radius 3 is 2.09 bits per heavy atom. The molecule has 20 N–H and O–H groups in total. The molecule has 0 saturated carbocycles. The maximum atomic E-state index is 15.0. The Morgan fingerprint density at radius 2 is 1.42 bits per heavy atom. The number of nitrogens with zero attached hydrogens (tertiary/aromatic N) is 3. The minimum Gasteiger partial charge on any atom is -0.506 e. The summed E-state index contributed by atoms with van der Waals surface area (Å²) in [7, 11) is 0. The fraction of sp³-hybridized carbons (Fsp3) is 0.571. The first-order valence-electron chi connectivity index (χ1n) is 25.5. The Bertz CT molecular complexity index is 2520. The van der Waals surface area contributed by atoms with Crippen LogP contribution in [0.3, 0.4) is 0 Å². The molecule has 29 nitrogen and oxygen atoms in total. The molecule has 4 aliphatic rings. The minimum absolute atomic E-state index is 0.0341. The van der Waals surface area contributed by atoms with Crippen molar-refractivity contribution >= 4 is 59.0 Å². The number of amides is 7. The molecular weight excluding hydrogens is 1030 g/mol. The number of aliphatic hydroxyl groups excluding tert-OH is 7. The van der Waals surface area contributed by atoms with Crippen LogP contribution in [0.4, 0.5) is 5.69 Å². The Labute approximate surface area is 447 Å². The van der Waals surface area contributed by atoms with Crippen LogP contribution in [-0.2, 0) is 44.7 Å². The molecule has 29 heteroatoms. The van der Waals surface area contributed by atoms with Crippen LogP contribution in [0, 0.1) is 0 Å². The summed E-state index contributed by atoms with van der Waals surface area (Å²) in [6, 6.07) is 0.0273. The minimum atomic E-state index is -2.29. The first kappa shape index (κ1) is 60.0. The van der Waals surface area contributed by atoms with Crippen molar-refractivity contribution in [3.05, 3.63) is 59.7 Å². The van der Waals surface area contributed by atoms with Gasteiger partial charge in [0.2, 0.25) is 41.4 Å². The second-order valence-electron chi connectivity index (χ2n) is 19.5. The molecule has 7 amide bonds. The second-order valence-corrected chi connectivity index (χ2v) is 19.5. The SMILES string of the molecule is CCCCCCC(=O)Nc1cc(C[C@H]2NC(=O)[C@H](C(C)c3ccccc3)NC(=O)CNC(=O)[C@H](CO)NC(=O)[C@@H](C(O)C3CN=C(N)N3[C@H]3O[C@H](CO)[C@@H](O)[C@H](O)[C@@H]3O)NC(=O)[C@H](C(O)C3CN=C(N)N3)NC2=O)ccc1O. The van der Waals surface area contributed by atoms with Crippen LogP contribution in [0.25, 0.3) is 0 Å². The standard InChI is InChI=1S/C49H71N13O16/c1-3-4-5-9-12-32(66)55-25-15-23(13-14-30(25)65)16-26-43(74)60-35(37(68)27-17-53-48(50)58-27)46(77)61-36(38(69)29-18-54-49(51)62(29)47-41(72)40(71)39(70)31(21-64)78-47)45(76)57-28(20-63)42(73)52-19-33(67)59-34(44(75)56-26)22(2)24-10-7-6-8-11-24/h6-8,10-11,13-15,22,26-29,31,34-41,47,63-65,68-72H,3-5,9,12,16-21H2,1-2H3,(H2,51,54)(H,52,73)(H,55,66)(H,56,75)(H,57,76)(H,59,67)(H,60,74)(H,61,77)(H3,50,53,58)/t22?,26-,27?,28+,29?,31-,34+,35+,36-,37?,38?,39-,40+,41+,47+/m1/s1. The summed E-state index contributed by atoms with van der Waals surface area (Å²) in [4.78, 5) is 108. The monoisotopic (exact) mass is 1100 g/mol. The largest absolute Gasteiger partial charge is 0.506 e. The fourth-order valence-corrected chi connectivity index (χ4v) is 9.44. The number of aromatic hydroxyl groups is 1. The van der Waals surface area contributed by atoms with Gasteiger partial charge in [0.05, 0.1) is 50.6 Å². The number of phenols is 1. The van der Waals surface area contributed by atoms with Crippen molar-refractivity contribution in [3.8, 4) is 5.75 Å². The van der Waals surface area contributed by atoms with E-state index in [9.17, 15) is 74.4 Å². The van der Waals surface area contributed by atoms with Gasteiger partial charge in [-0.15, -0.1) is 0 Å². The molecule has 5 unspecified atom stereocenters. The van der Waals surface area contributed by atoms with Gasteiger partial charge in [-0.25, -0.2) is 0 Å². The van der Waals surface area contributed by atoms with Crippen LogP contribution >= 0.6 is 0 Å². The third kappa shape index (κ3) is 14.7. The number of aliphatic imine (C=N–C) groups is 2. The lowest BCUT2D eigenvalue weighted by atomic mass is 9.92. The van der Waals surface area contributed by atoms with Crippen LogP contribution < -0.4 is 54.0 Å². The van der Waals surface area contributed by atoms with Crippen molar-refractivity contribution in [1.82, 2.24) is 42.1 Å². The normalized spacial score (nSPS) is 29.8. The maximum absolute atomic E-state index is 15.0. The number of guanidine groups is 2. The quantitative estimate of drug-likeness (QED) is 0.0517. The Balaban J connectivity index is 1.42. The molecule has 0 radical (unpaired) electrons. The molecule has 78 heavy (non-hydrogen) atoms. The molecule has 2 saturated heterocycles. The number of unbranched alkanes of at least 4 members (excludes halogenated alkanes) is 3. The predicted molar refractivity (Wildman–Crippen MR) is 275 cm³/mol. The van der Waals surface area contributed by atoms with Crippen LogP contribution in [0.1, 0.15) is 63.0 Å². The summed E-state index contributed by atoms with van der Waals surface area (Å²) >= 11 is 0. The Hall–Kier alpha value is -7.25. The average molecular weight is 1100 g/mol. The number of ether oxygens (including phenoxy) is 1. The number of hydrogen-bond acceptors (Lipinski definition) is 22. The van der Waals surface area contributed by atoms with Crippen molar-refractivity contribution in [3.63, 3.8) is 0 Å². The van der Waals surface area contributed by atoms with Gasteiger partial charge in [0.25, 0.3) is 0 Å². The number of hydrogen-bond donors (Lipinski definition) is 18. The van der Waals surface area contributed by atoms with Gasteiger partial charge in [0, 0.05) is 18.8 Å². The van der Waals surface area contributed by atoms with Crippen molar-refractivity contribution in [1.29, 1.82) is 0 Å². The van der Waals surface area contributed by atoms with E-state index in [1.165, 1.54) is 18.2 Å². The highest BCUT2D eigenvalue weighted by Gasteiger charge is 2.52. The van der Waals surface area contributed by atoms with E-state index in [0.29, 0.717) is 12.0 Å². The van der Waals surface area contributed by atoms with Gasteiger partial charge in [0.15, 0.2) is 18.1 Å². The molecule has 2 fully saturated rings. The van der Waals surface area contributed by atoms with Gasteiger partial charge in [-0.1, -0.05) is 69.5 Å². The van der Waals surface area contributed by atoms with Crippen LogP contribution in [0.15, 0.2) is 58.5 Å². The summed E-state index contributed by atoms with van der Waals surface area (Å²) in [5.74, 6) is -9.24. The molecular formula is C49H71N13O16. The van der Waals surface area contributed by atoms with Crippen molar-refractivity contribution in [2.24, 2.45) is 21.5 Å². The van der Waals surface area contributed by atoms with E-state index in [-0.39, 0.29) is 35.9 Å². The number of benzene rings is 2. The van der Waals surface area contributed by atoms with Gasteiger partial charge < -0.3 is 104 Å². The molecule has 0 spiro atoms. The van der Waals surface area contributed by atoms with E-state index in [1.807, 2.05) is 6.92 Å². The number of anilines is 1. The van der Waals surface area contributed by atoms with E-state index in [2.05, 4.69) is 52.5 Å². The molecule has 15 atom stereocenters. The second kappa shape index (κ2) is 27.4. The molecule has 6 rings (SSSR count). The van der Waals surface area contributed by atoms with E-state index < -0.39 is 171 Å². The molecule has 428 valence electrons. The van der Waals surface area contributed by atoms with Crippen molar-refractivity contribution in [2.75, 3.05) is 38.2 Å². The van der Waals surface area contributed by atoms with Gasteiger partial charge in [-0.2, -0.15) is 0 Å². The summed E-state index contributed by atoms with van der Waals surface area (Å²) in [6.45, 7) is -0.0144. The van der Waals surface area contributed by atoms with Gasteiger partial charge in [-0.05, 0) is 29.7 Å². The summed E-state index contributed by atoms with van der Waals surface area (Å²) in [6.07, 6.45) is -10.4. The van der Waals surface area contributed by atoms with Crippen molar-refractivity contribution in [2.45, 2.75) is 143 Å². The van der Waals surface area contributed by atoms with Gasteiger partial charge >= 0.3 is 0 Å². The third-order valence-electron chi connectivity index (χ3n) is 14.0. The molecule has 0 bridgehead atoms. The lowest BCUT2D eigenvalue weighted by Crippen LogP contribution is -2.70. The number of carbonyl (C=O) groups is 7. The maximum Gasteiger partial charge on any atom is 0.246 e. The Kier molecular flexibility index (Phi) is 21.0. The third-order valence-corrected chi connectivity index (χ3v) is 14.0. The molecule has 2 aromatic rings. The van der Waals surface area contributed by atoms with Gasteiger partial charge in [0.1, 0.15) is 72.6 Å². The zero-order chi connectivity index (χ0) is 57.0. The van der Waals surface area contributed by atoms with E-state index in [1.54, 1.807) is 37.3 Å². The zero-order valence-corrected chi connectivity index (χ0v) is 42.9. The van der Waals surface area contributed by atoms with Crippen LogP contribution in [-0.4, -0.2) is 217 Å².